The summed E-state index contributed by atoms with van der Waals surface area (Å²) in [6.07, 6.45) is 3.31. The van der Waals surface area contributed by atoms with Gasteiger partial charge < -0.3 is 5.32 Å². The lowest BCUT2D eigenvalue weighted by atomic mass is 9.99. The second kappa shape index (κ2) is 8.36. The van der Waals surface area contributed by atoms with Crippen LogP contribution in [0.3, 0.4) is 0 Å². The third-order valence-electron chi connectivity index (χ3n) is 5.55. The van der Waals surface area contributed by atoms with Crippen molar-refractivity contribution in [2.24, 2.45) is 0 Å². The number of nitrogens with zero attached hydrogens (tertiary/aromatic N) is 2. The predicted octanol–water partition coefficient (Wildman–Crippen LogP) is 5.05. The highest BCUT2D eigenvalue weighted by Gasteiger charge is 2.39. The summed E-state index contributed by atoms with van der Waals surface area (Å²) in [6.45, 7) is 6.02. The van der Waals surface area contributed by atoms with E-state index in [4.69, 9.17) is 11.6 Å². The van der Waals surface area contributed by atoms with Crippen molar-refractivity contribution in [3.05, 3.63) is 99.5 Å². The minimum Gasteiger partial charge on any atom is -0.350 e. The van der Waals surface area contributed by atoms with Gasteiger partial charge in [0.25, 0.3) is 11.8 Å². The van der Waals surface area contributed by atoms with Crippen LogP contribution in [0.2, 0.25) is 5.02 Å². The molecule has 0 atom stereocenters. The zero-order chi connectivity index (χ0) is 22.1. The van der Waals surface area contributed by atoms with E-state index in [1.54, 1.807) is 24.5 Å². The Labute approximate surface area is 186 Å². The summed E-state index contributed by atoms with van der Waals surface area (Å²) < 4.78 is 0. The van der Waals surface area contributed by atoms with Crippen molar-refractivity contribution in [2.45, 2.75) is 27.3 Å². The number of carbonyl (C=O) groups is 2. The van der Waals surface area contributed by atoms with Gasteiger partial charge in [-0.15, -0.1) is 0 Å². The fraction of sp³-hybridized carbons (Fsp3) is 0.160. The van der Waals surface area contributed by atoms with Crippen LogP contribution in [-0.2, 0) is 16.1 Å². The van der Waals surface area contributed by atoms with E-state index in [0.29, 0.717) is 21.8 Å². The summed E-state index contributed by atoms with van der Waals surface area (Å²) in [5, 5.41) is 3.78. The second-order valence-electron chi connectivity index (χ2n) is 7.64. The maximum Gasteiger partial charge on any atom is 0.278 e. The minimum atomic E-state index is -0.374. The largest absolute Gasteiger partial charge is 0.350 e. The molecule has 1 aliphatic rings. The number of halogens is 1. The third-order valence-corrected chi connectivity index (χ3v) is 5.96. The normalized spacial score (nSPS) is 13.9. The monoisotopic (exact) mass is 431 g/mol. The molecule has 31 heavy (non-hydrogen) atoms. The van der Waals surface area contributed by atoms with Crippen molar-refractivity contribution in [3.8, 4) is 0 Å². The van der Waals surface area contributed by atoms with E-state index in [9.17, 15) is 9.59 Å². The van der Waals surface area contributed by atoms with Gasteiger partial charge in [-0.3, -0.25) is 19.5 Å². The predicted molar refractivity (Wildman–Crippen MR) is 122 cm³/mol. The Morgan fingerprint density at radius 1 is 0.968 bits per heavy atom. The summed E-state index contributed by atoms with van der Waals surface area (Å²) in [5.41, 5.74) is 5.76. The Bertz CT molecular complexity index is 1220. The summed E-state index contributed by atoms with van der Waals surface area (Å²) in [5.74, 6) is -0.708. The molecule has 0 unspecified atom stereocenters. The second-order valence-corrected chi connectivity index (χ2v) is 8.05. The van der Waals surface area contributed by atoms with Crippen molar-refractivity contribution in [3.63, 3.8) is 0 Å². The average molecular weight is 432 g/mol. The van der Waals surface area contributed by atoms with E-state index in [1.807, 2.05) is 57.2 Å². The Morgan fingerprint density at radius 3 is 2.48 bits per heavy atom. The van der Waals surface area contributed by atoms with Gasteiger partial charge in [-0.05, 0) is 66.8 Å². The van der Waals surface area contributed by atoms with Crippen LogP contribution in [0.25, 0.3) is 5.57 Å². The molecule has 1 N–H and O–H groups in total. The van der Waals surface area contributed by atoms with Crippen LogP contribution < -0.4 is 5.32 Å². The molecule has 0 spiro atoms. The quantitative estimate of drug-likeness (QED) is 0.574. The first kappa shape index (κ1) is 20.8. The van der Waals surface area contributed by atoms with Gasteiger partial charge in [0.05, 0.1) is 12.1 Å². The van der Waals surface area contributed by atoms with E-state index >= 15 is 0 Å². The van der Waals surface area contributed by atoms with Gasteiger partial charge in [-0.25, -0.2) is 0 Å². The van der Waals surface area contributed by atoms with E-state index in [2.05, 4.69) is 10.3 Å². The molecular formula is C25H22ClN3O2. The highest BCUT2D eigenvalue weighted by Crippen LogP contribution is 2.34. The fourth-order valence-corrected chi connectivity index (χ4v) is 3.73. The van der Waals surface area contributed by atoms with Gasteiger partial charge >= 0.3 is 0 Å². The average Bonchev–Trinajstić information content (AvgIpc) is 2.98. The molecule has 0 fully saturated rings. The number of rotatable bonds is 5. The van der Waals surface area contributed by atoms with Crippen LogP contribution in [0, 0.1) is 20.8 Å². The van der Waals surface area contributed by atoms with Crippen molar-refractivity contribution in [2.75, 3.05) is 5.32 Å². The molecule has 1 aromatic heterocycles. The molecule has 2 heterocycles. The van der Waals surface area contributed by atoms with Crippen LogP contribution >= 0.6 is 11.6 Å². The van der Waals surface area contributed by atoms with Gasteiger partial charge in [-0.2, -0.15) is 0 Å². The number of hydrogen-bond donors (Lipinski definition) is 1. The molecule has 5 nitrogen and oxygen atoms in total. The number of anilines is 1. The number of carbonyl (C=O) groups excluding carboxylic acids is 2. The summed E-state index contributed by atoms with van der Waals surface area (Å²) in [4.78, 5) is 32.2. The van der Waals surface area contributed by atoms with E-state index in [-0.39, 0.29) is 24.1 Å². The van der Waals surface area contributed by atoms with Gasteiger partial charge in [0.1, 0.15) is 5.70 Å². The molecular weight excluding hydrogens is 410 g/mol. The standard InChI is InChI=1S/C25H22ClN3O2/c1-15-9-10-19(12-16(15)2)22-23(28-21-8-4-7-20(26)17(21)3)25(31)29(24(22)30)14-18-6-5-11-27-13-18/h4-13,28H,14H2,1-3H3. The number of hydrogen-bond acceptors (Lipinski definition) is 4. The van der Waals surface area contributed by atoms with Crippen LogP contribution in [0.5, 0.6) is 0 Å². The first-order chi connectivity index (χ1) is 14.9. The molecule has 1 aliphatic heterocycles. The SMILES string of the molecule is Cc1ccc(C2=C(Nc3cccc(Cl)c3C)C(=O)N(Cc3cccnc3)C2=O)cc1C. The molecule has 0 bridgehead atoms. The fourth-order valence-electron chi connectivity index (χ4n) is 3.55. The van der Waals surface area contributed by atoms with Crippen molar-refractivity contribution in [1.29, 1.82) is 0 Å². The number of pyridine rings is 1. The zero-order valence-electron chi connectivity index (χ0n) is 17.6. The lowest BCUT2D eigenvalue weighted by Crippen LogP contribution is -2.32. The summed E-state index contributed by atoms with van der Waals surface area (Å²) in [7, 11) is 0. The Kier molecular flexibility index (Phi) is 5.61. The molecule has 2 aromatic carbocycles. The third kappa shape index (κ3) is 3.97. The number of aryl methyl sites for hydroxylation is 2. The number of imide groups is 1. The van der Waals surface area contributed by atoms with Crippen LogP contribution in [0.1, 0.15) is 27.8 Å². The molecule has 6 heteroatoms. The maximum atomic E-state index is 13.4. The Balaban J connectivity index is 1.80. The molecule has 0 radical (unpaired) electrons. The maximum absolute atomic E-state index is 13.4. The summed E-state index contributed by atoms with van der Waals surface area (Å²) >= 11 is 6.27. The van der Waals surface area contributed by atoms with Crippen LogP contribution in [-0.4, -0.2) is 21.7 Å². The molecule has 156 valence electrons. The van der Waals surface area contributed by atoms with Gasteiger partial charge in [0.15, 0.2) is 0 Å². The first-order valence-electron chi connectivity index (χ1n) is 9.96. The van der Waals surface area contributed by atoms with Crippen molar-refractivity contribution in [1.82, 2.24) is 9.88 Å². The topological polar surface area (TPSA) is 62.3 Å². The smallest absolute Gasteiger partial charge is 0.278 e. The Morgan fingerprint density at radius 2 is 1.77 bits per heavy atom. The molecule has 3 aromatic rings. The summed E-state index contributed by atoms with van der Waals surface area (Å²) in [6, 6.07) is 14.8. The van der Waals surface area contributed by atoms with Crippen LogP contribution in [0.4, 0.5) is 5.69 Å². The van der Waals surface area contributed by atoms with Gasteiger partial charge in [0, 0.05) is 23.1 Å². The Hall–Kier alpha value is -3.44. The number of nitrogens with one attached hydrogen (secondary N) is 1. The number of amides is 2. The van der Waals surface area contributed by atoms with Crippen molar-refractivity contribution >= 4 is 34.7 Å². The molecule has 0 saturated carbocycles. The van der Waals surface area contributed by atoms with E-state index in [1.165, 1.54) is 4.90 Å². The van der Waals surface area contributed by atoms with E-state index in [0.717, 1.165) is 22.3 Å². The lowest BCUT2D eigenvalue weighted by Gasteiger charge is -2.15. The molecule has 0 saturated heterocycles. The molecule has 2 amide bonds. The highest BCUT2D eigenvalue weighted by molar-refractivity contribution is 6.36. The lowest BCUT2D eigenvalue weighted by molar-refractivity contribution is -0.137. The van der Waals surface area contributed by atoms with Crippen molar-refractivity contribution < 1.29 is 9.59 Å². The van der Waals surface area contributed by atoms with E-state index < -0.39 is 0 Å². The van der Waals surface area contributed by atoms with Gasteiger partial charge in [-0.1, -0.05) is 41.9 Å². The zero-order valence-corrected chi connectivity index (χ0v) is 18.3. The molecule has 4 rings (SSSR count). The van der Waals surface area contributed by atoms with Crippen LogP contribution in [0.15, 0.2) is 66.6 Å². The number of aromatic nitrogens is 1. The number of benzene rings is 2. The molecule has 0 aliphatic carbocycles. The van der Waals surface area contributed by atoms with Gasteiger partial charge in [0.2, 0.25) is 0 Å². The first-order valence-corrected chi connectivity index (χ1v) is 10.3. The highest BCUT2D eigenvalue weighted by atomic mass is 35.5. The minimum absolute atomic E-state index is 0.152.